The minimum atomic E-state index is 0.631. The Balaban J connectivity index is 1.79. The Labute approximate surface area is 136 Å². The highest BCUT2D eigenvalue weighted by molar-refractivity contribution is 5.57. The molecule has 0 radical (unpaired) electrons. The van der Waals surface area contributed by atoms with Crippen molar-refractivity contribution in [2.24, 2.45) is 0 Å². The van der Waals surface area contributed by atoms with Crippen LogP contribution in [0.15, 0.2) is 60.8 Å². The summed E-state index contributed by atoms with van der Waals surface area (Å²) in [5.74, 6) is 1.46. The van der Waals surface area contributed by atoms with Crippen molar-refractivity contribution in [2.75, 3.05) is 17.3 Å². The van der Waals surface area contributed by atoms with E-state index in [1.165, 1.54) is 0 Å². The highest BCUT2D eigenvalue weighted by Crippen LogP contribution is 2.21. The quantitative estimate of drug-likeness (QED) is 0.781. The molecule has 2 heterocycles. The zero-order valence-electron chi connectivity index (χ0n) is 13.3. The predicted molar refractivity (Wildman–Crippen MR) is 92.8 cm³/mol. The molecule has 5 heteroatoms. The van der Waals surface area contributed by atoms with Crippen LogP contribution in [0.1, 0.15) is 11.4 Å². The molecular weight excluding hydrogens is 286 g/mol. The van der Waals surface area contributed by atoms with Gasteiger partial charge in [-0.25, -0.2) is 4.98 Å². The van der Waals surface area contributed by atoms with Crippen molar-refractivity contribution in [3.05, 3.63) is 72.2 Å². The highest BCUT2D eigenvalue weighted by Gasteiger charge is 2.09. The molecule has 3 rings (SSSR count). The number of hydrogen-bond acceptors (Lipinski definition) is 5. The number of para-hydroxylation sites is 1. The lowest BCUT2D eigenvalue weighted by molar-refractivity contribution is 0.982. The first-order valence-electron chi connectivity index (χ1n) is 7.50. The number of benzene rings is 1. The van der Waals surface area contributed by atoms with Gasteiger partial charge in [-0.05, 0) is 31.2 Å². The number of aryl methyl sites for hydroxylation is 1. The topological polar surface area (TPSA) is 53.9 Å². The monoisotopic (exact) mass is 305 g/mol. The fourth-order valence-corrected chi connectivity index (χ4v) is 2.24. The lowest BCUT2D eigenvalue weighted by Gasteiger charge is -2.18. The molecule has 0 amide bonds. The van der Waals surface area contributed by atoms with Crippen LogP contribution < -0.4 is 10.2 Å². The predicted octanol–water partition coefficient (Wildman–Crippen LogP) is 3.56. The normalized spacial score (nSPS) is 10.3. The number of anilines is 3. The molecule has 116 valence electrons. The average molecular weight is 305 g/mol. The van der Waals surface area contributed by atoms with Crippen molar-refractivity contribution in [3.8, 4) is 0 Å². The highest BCUT2D eigenvalue weighted by atomic mass is 15.2. The summed E-state index contributed by atoms with van der Waals surface area (Å²) < 4.78 is 0. The molecule has 0 fully saturated rings. The molecule has 0 aliphatic heterocycles. The van der Waals surface area contributed by atoms with Crippen LogP contribution in [-0.4, -0.2) is 22.0 Å². The van der Waals surface area contributed by atoms with Crippen LogP contribution in [0.5, 0.6) is 0 Å². The van der Waals surface area contributed by atoms with Gasteiger partial charge in [-0.1, -0.05) is 24.3 Å². The molecule has 1 aromatic carbocycles. The van der Waals surface area contributed by atoms with E-state index in [0.717, 1.165) is 22.9 Å². The van der Waals surface area contributed by atoms with Crippen LogP contribution in [0.25, 0.3) is 0 Å². The van der Waals surface area contributed by atoms with E-state index >= 15 is 0 Å². The van der Waals surface area contributed by atoms with Gasteiger partial charge < -0.3 is 10.2 Å². The summed E-state index contributed by atoms with van der Waals surface area (Å²) >= 11 is 0. The van der Waals surface area contributed by atoms with Crippen LogP contribution in [0.4, 0.5) is 17.5 Å². The van der Waals surface area contributed by atoms with E-state index in [0.29, 0.717) is 12.5 Å². The van der Waals surface area contributed by atoms with E-state index in [2.05, 4.69) is 20.3 Å². The van der Waals surface area contributed by atoms with Gasteiger partial charge in [0.2, 0.25) is 5.95 Å². The fraction of sp³-hybridized carbons (Fsp3) is 0.167. The molecule has 0 saturated carbocycles. The molecule has 0 aliphatic rings. The summed E-state index contributed by atoms with van der Waals surface area (Å²) in [5.41, 5.74) is 2.94. The maximum absolute atomic E-state index is 4.60. The third-order valence-corrected chi connectivity index (χ3v) is 3.46. The SMILES string of the molecule is Cc1cc(NCc2ccccn2)nc(N(C)c2ccccc2)n1. The number of nitrogens with zero attached hydrogens (tertiary/aromatic N) is 4. The maximum atomic E-state index is 4.60. The molecule has 0 unspecified atom stereocenters. The third-order valence-electron chi connectivity index (χ3n) is 3.46. The lowest BCUT2D eigenvalue weighted by Crippen LogP contribution is -2.15. The molecule has 3 aromatic rings. The van der Waals surface area contributed by atoms with Crippen LogP contribution in [-0.2, 0) is 6.54 Å². The third kappa shape index (κ3) is 3.83. The Morgan fingerprint density at radius 3 is 2.52 bits per heavy atom. The smallest absolute Gasteiger partial charge is 0.231 e. The minimum absolute atomic E-state index is 0.631. The van der Waals surface area contributed by atoms with Gasteiger partial charge in [-0.15, -0.1) is 0 Å². The zero-order chi connectivity index (χ0) is 16.1. The second-order valence-corrected chi connectivity index (χ2v) is 5.26. The lowest BCUT2D eigenvalue weighted by atomic mass is 10.3. The molecule has 1 N–H and O–H groups in total. The van der Waals surface area contributed by atoms with Crippen LogP contribution in [0.3, 0.4) is 0 Å². The van der Waals surface area contributed by atoms with E-state index in [4.69, 9.17) is 0 Å². The minimum Gasteiger partial charge on any atom is -0.364 e. The van der Waals surface area contributed by atoms with Crippen molar-refractivity contribution in [3.63, 3.8) is 0 Å². The Kier molecular flexibility index (Phi) is 4.47. The van der Waals surface area contributed by atoms with Crippen molar-refractivity contribution >= 4 is 17.5 Å². The van der Waals surface area contributed by atoms with E-state index in [-0.39, 0.29) is 0 Å². The second kappa shape index (κ2) is 6.87. The summed E-state index contributed by atoms with van der Waals surface area (Å²) in [6.45, 7) is 2.60. The summed E-state index contributed by atoms with van der Waals surface area (Å²) in [6.07, 6.45) is 1.79. The van der Waals surface area contributed by atoms with Crippen molar-refractivity contribution in [1.82, 2.24) is 15.0 Å². The molecule has 2 aromatic heterocycles. The van der Waals surface area contributed by atoms with E-state index < -0.39 is 0 Å². The fourth-order valence-electron chi connectivity index (χ4n) is 2.24. The van der Waals surface area contributed by atoms with Crippen molar-refractivity contribution in [2.45, 2.75) is 13.5 Å². The van der Waals surface area contributed by atoms with Gasteiger partial charge in [0.15, 0.2) is 0 Å². The summed E-state index contributed by atoms with van der Waals surface area (Å²) in [4.78, 5) is 15.4. The Morgan fingerprint density at radius 2 is 1.78 bits per heavy atom. The van der Waals surface area contributed by atoms with Crippen LogP contribution in [0.2, 0.25) is 0 Å². The first-order chi connectivity index (χ1) is 11.2. The van der Waals surface area contributed by atoms with Gasteiger partial charge >= 0.3 is 0 Å². The van der Waals surface area contributed by atoms with E-state index in [1.54, 1.807) is 6.20 Å². The van der Waals surface area contributed by atoms with Crippen LogP contribution >= 0.6 is 0 Å². The first-order valence-corrected chi connectivity index (χ1v) is 7.50. The molecule has 23 heavy (non-hydrogen) atoms. The van der Waals surface area contributed by atoms with Gasteiger partial charge in [0, 0.05) is 30.7 Å². The van der Waals surface area contributed by atoms with Gasteiger partial charge in [-0.3, -0.25) is 4.98 Å². The Hall–Kier alpha value is -2.95. The number of aromatic nitrogens is 3. The largest absolute Gasteiger partial charge is 0.364 e. The van der Waals surface area contributed by atoms with Gasteiger partial charge in [-0.2, -0.15) is 4.98 Å². The van der Waals surface area contributed by atoms with Crippen molar-refractivity contribution in [1.29, 1.82) is 0 Å². The summed E-state index contributed by atoms with van der Waals surface area (Å²) in [7, 11) is 1.96. The van der Waals surface area contributed by atoms with Crippen molar-refractivity contribution < 1.29 is 0 Å². The molecule has 0 saturated heterocycles. The molecular formula is C18H19N5. The van der Waals surface area contributed by atoms with Gasteiger partial charge in [0.05, 0.1) is 12.2 Å². The first kappa shape index (κ1) is 15.0. The molecule has 0 aliphatic carbocycles. The summed E-state index contributed by atoms with van der Waals surface area (Å²) in [5, 5.41) is 3.31. The Bertz CT molecular complexity index is 759. The maximum Gasteiger partial charge on any atom is 0.231 e. The molecule has 0 bridgehead atoms. The molecule has 5 nitrogen and oxygen atoms in total. The Morgan fingerprint density at radius 1 is 1.00 bits per heavy atom. The van der Waals surface area contributed by atoms with Gasteiger partial charge in [0.1, 0.15) is 5.82 Å². The van der Waals surface area contributed by atoms with Gasteiger partial charge in [0.25, 0.3) is 0 Å². The number of pyridine rings is 1. The van der Waals surface area contributed by atoms with Crippen LogP contribution in [0, 0.1) is 6.92 Å². The number of nitrogens with one attached hydrogen (secondary N) is 1. The van der Waals surface area contributed by atoms with E-state index in [9.17, 15) is 0 Å². The molecule has 0 spiro atoms. The average Bonchev–Trinajstić information content (AvgIpc) is 2.60. The standard InChI is InChI=1S/C18H19N5/c1-14-12-17(20-13-15-8-6-7-11-19-15)22-18(21-14)23(2)16-9-4-3-5-10-16/h3-12H,13H2,1-2H3,(H,20,21,22). The molecule has 0 atom stereocenters. The zero-order valence-corrected chi connectivity index (χ0v) is 13.3. The number of rotatable bonds is 5. The number of hydrogen-bond donors (Lipinski definition) is 1. The van der Waals surface area contributed by atoms with E-state index in [1.807, 2.05) is 73.5 Å². The summed E-state index contributed by atoms with van der Waals surface area (Å²) in [6, 6.07) is 17.9. The second-order valence-electron chi connectivity index (χ2n) is 5.26.